The predicted octanol–water partition coefficient (Wildman–Crippen LogP) is 1.82. The number of rotatable bonds is 5. The maximum atomic E-state index is 12.7. The van der Waals surface area contributed by atoms with E-state index in [2.05, 4.69) is 5.32 Å². The van der Waals surface area contributed by atoms with Crippen LogP contribution in [0.3, 0.4) is 0 Å². The van der Waals surface area contributed by atoms with Crippen LogP contribution < -0.4 is 11.1 Å². The van der Waals surface area contributed by atoms with E-state index in [4.69, 9.17) is 9.15 Å². The van der Waals surface area contributed by atoms with E-state index in [1.54, 1.807) is 31.2 Å². The summed E-state index contributed by atoms with van der Waals surface area (Å²) < 4.78 is 38.4. The SMILES string of the molecule is CC(C(=O)Nc1ccc(S(=O)(=O)N2CCOCC2)cc1)n1c(=O)oc2ccccc21. The second kappa shape index (κ2) is 8.05. The molecular weight excluding hydrogens is 410 g/mol. The van der Waals surface area contributed by atoms with E-state index in [0.29, 0.717) is 43.1 Å². The summed E-state index contributed by atoms with van der Waals surface area (Å²) in [5, 5.41) is 2.71. The van der Waals surface area contributed by atoms with Gasteiger partial charge in [-0.1, -0.05) is 12.1 Å². The molecule has 0 aliphatic carbocycles. The van der Waals surface area contributed by atoms with Gasteiger partial charge in [0.15, 0.2) is 5.58 Å². The van der Waals surface area contributed by atoms with Crippen molar-refractivity contribution in [1.82, 2.24) is 8.87 Å². The molecule has 10 heteroatoms. The van der Waals surface area contributed by atoms with Crippen molar-refractivity contribution in [2.75, 3.05) is 31.6 Å². The molecule has 158 valence electrons. The lowest BCUT2D eigenvalue weighted by Crippen LogP contribution is -2.40. The molecule has 1 atom stereocenters. The zero-order valence-corrected chi connectivity index (χ0v) is 17.1. The number of aromatic nitrogens is 1. The van der Waals surface area contributed by atoms with Gasteiger partial charge in [0.2, 0.25) is 15.9 Å². The number of carbonyl (C=O) groups excluding carboxylic acids is 1. The van der Waals surface area contributed by atoms with Crippen molar-refractivity contribution in [3.05, 3.63) is 59.1 Å². The molecule has 2 aromatic carbocycles. The Balaban J connectivity index is 1.51. The van der Waals surface area contributed by atoms with Gasteiger partial charge >= 0.3 is 5.76 Å². The van der Waals surface area contributed by atoms with Crippen LogP contribution in [-0.2, 0) is 19.6 Å². The zero-order valence-electron chi connectivity index (χ0n) is 16.3. The summed E-state index contributed by atoms with van der Waals surface area (Å²) in [5.74, 6) is -1.04. The van der Waals surface area contributed by atoms with Gasteiger partial charge in [0.25, 0.3) is 0 Å². The van der Waals surface area contributed by atoms with Gasteiger partial charge in [-0.2, -0.15) is 4.31 Å². The maximum Gasteiger partial charge on any atom is 0.420 e. The third-order valence-electron chi connectivity index (χ3n) is 5.02. The van der Waals surface area contributed by atoms with E-state index < -0.39 is 27.7 Å². The largest absolute Gasteiger partial charge is 0.420 e. The number of oxazole rings is 1. The average Bonchev–Trinajstić information content (AvgIpc) is 3.09. The molecule has 1 aromatic heterocycles. The number of amides is 1. The molecule has 1 saturated heterocycles. The number of para-hydroxylation sites is 2. The van der Waals surface area contributed by atoms with Crippen molar-refractivity contribution in [2.24, 2.45) is 0 Å². The van der Waals surface area contributed by atoms with E-state index >= 15 is 0 Å². The first-order valence-corrected chi connectivity index (χ1v) is 10.9. The number of carbonyl (C=O) groups is 1. The molecule has 9 nitrogen and oxygen atoms in total. The maximum absolute atomic E-state index is 12.7. The first kappa shape index (κ1) is 20.3. The summed E-state index contributed by atoms with van der Waals surface area (Å²) in [5.41, 5.74) is 1.35. The van der Waals surface area contributed by atoms with Crippen molar-refractivity contribution in [3.8, 4) is 0 Å². The van der Waals surface area contributed by atoms with Crippen LogP contribution in [0.2, 0.25) is 0 Å². The van der Waals surface area contributed by atoms with Crippen molar-refractivity contribution in [1.29, 1.82) is 0 Å². The molecule has 1 unspecified atom stereocenters. The second-order valence-electron chi connectivity index (χ2n) is 6.91. The normalized spacial score (nSPS) is 16.4. The summed E-state index contributed by atoms with van der Waals surface area (Å²) in [6.07, 6.45) is 0. The molecule has 0 radical (unpaired) electrons. The number of sulfonamides is 1. The lowest BCUT2D eigenvalue weighted by molar-refractivity contribution is -0.118. The predicted molar refractivity (Wildman–Crippen MR) is 110 cm³/mol. The van der Waals surface area contributed by atoms with Gasteiger partial charge in [-0.05, 0) is 43.3 Å². The molecule has 1 fully saturated rings. The van der Waals surface area contributed by atoms with Crippen LogP contribution in [-0.4, -0.2) is 49.5 Å². The van der Waals surface area contributed by atoms with E-state index in [9.17, 15) is 18.0 Å². The van der Waals surface area contributed by atoms with Gasteiger partial charge in [-0.15, -0.1) is 0 Å². The Kier molecular flexibility index (Phi) is 5.46. The molecule has 1 amide bonds. The molecule has 3 aromatic rings. The quantitative estimate of drug-likeness (QED) is 0.660. The fourth-order valence-corrected chi connectivity index (χ4v) is 4.77. The van der Waals surface area contributed by atoms with Crippen LogP contribution in [0.5, 0.6) is 0 Å². The van der Waals surface area contributed by atoms with Crippen molar-refractivity contribution in [2.45, 2.75) is 17.9 Å². The smallest absolute Gasteiger partial charge is 0.408 e. The van der Waals surface area contributed by atoms with E-state index in [0.717, 1.165) is 0 Å². The summed E-state index contributed by atoms with van der Waals surface area (Å²) >= 11 is 0. The Morgan fingerprint density at radius 3 is 2.43 bits per heavy atom. The molecule has 1 N–H and O–H groups in total. The minimum Gasteiger partial charge on any atom is -0.408 e. The fraction of sp³-hybridized carbons (Fsp3) is 0.300. The van der Waals surface area contributed by atoms with Gasteiger partial charge in [-0.3, -0.25) is 9.36 Å². The molecule has 0 bridgehead atoms. The highest BCUT2D eigenvalue weighted by Gasteiger charge is 2.26. The molecule has 2 heterocycles. The molecule has 0 spiro atoms. The number of nitrogens with zero attached hydrogens (tertiary/aromatic N) is 2. The minimum atomic E-state index is -3.61. The van der Waals surface area contributed by atoms with Gasteiger partial charge in [-0.25, -0.2) is 13.2 Å². The number of anilines is 1. The number of hydrogen-bond acceptors (Lipinski definition) is 6. The third-order valence-corrected chi connectivity index (χ3v) is 6.93. The molecular formula is C20H21N3O6S. The highest BCUT2D eigenvalue weighted by Crippen LogP contribution is 2.21. The highest BCUT2D eigenvalue weighted by atomic mass is 32.2. The molecule has 1 aliphatic heterocycles. The second-order valence-corrected chi connectivity index (χ2v) is 8.85. The van der Waals surface area contributed by atoms with Gasteiger partial charge < -0.3 is 14.5 Å². The van der Waals surface area contributed by atoms with Crippen molar-refractivity contribution in [3.63, 3.8) is 0 Å². The summed E-state index contributed by atoms with van der Waals surface area (Å²) in [4.78, 5) is 25.0. The topological polar surface area (TPSA) is 111 Å². The number of fused-ring (bicyclic) bond motifs is 1. The monoisotopic (exact) mass is 431 g/mol. The van der Waals surface area contributed by atoms with Gasteiger partial charge in [0.1, 0.15) is 6.04 Å². The zero-order chi connectivity index (χ0) is 21.3. The first-order chi connectivity index (χ1) is 14.4. The summed E-state index contributed by atoms with van der Waals surface area (Å²) in [7, 11) is -3.61. The van der Waals surface area contributed by atoms with Crippen LogP contribution in [0.25, 0.3) is 11.1 Å². The minimum absolute atomic E-state index is 0.146. The van der Waals surface area contributed by atoms with Gasteiger partial charge in [0.05, 0.1) is 23.6 Å². The Bertz CT molecular complexity index is 1220. The summed E-state index contributed by atoms with van der Waals surface area (Å²) in [6, 6.07) is 12.0. The Morgan fingerprint density at radius 1 is 1.07 bits per heavy atom. The van der Waals surface area contributed by atoms with Crippen LogP contribution in [0, 0.1) is 0 Å². The number of morpholine rings is 1. The summed E-state index contributed by atoms with van der Waals surface area (Å²) in [6.45, 7) is 2.95. The van der Waals surface area contributed by atoms with E-state index in [1.165, 1.54) is 33.1 Å². The standard InChI is InChI=1S/C20H21N3O6S/c1-14(23-17-4-2-3-5-18(17)29-20(23)25)19(24)21-15-6-8-16(9-7-15)30(26,27)22-10-12-28-13-11-22/h2-9,14H,10-13H2,1H3,(H,21,24). The molecule has 1 aliphatic rings. The molecule has 4 rings (SSSR count). The van der Waals surface area contributed by atoms with Crippen molar-refractivity contribution < 1.29 is 22.4 Å². The van der Waals surface area contributed by atoms with E-state index in [-0.39, 0.29) is 4.90 Å². The Morgan fingerprint density at radius 2 is 1.73 bits per heavy atom. The number of ether oxygens (including phenoxy) is 1. The third kappa shape index (κ3) is 3.76. The highest BCUT2D eigenvalue weighted by molar-refractivity contribution is 7.89. The molecule has 0 saturated carbocycles. The van der Waals surface area contributed by atoms with Crippen LogP contribution in [0.1, 0.15) is 13.0 Å². The van der Waals surface area contributed by atoms with Crippen LogP contribution in [0.4, 0.5) is 5.69 Å². The van der Waals surface area contributed by atoms with E-state index in [1.807, 2.05) is 0 Å². The van der Waals surface area contributed by atoms with Crippen molar-refractivity contribution >= 4 is 32.7 Å². The first-order valence-electron chi connectivity index (χ1n) is 9.47. The lowest BCUT2D eigenvalue weighted by Gasteiger charge is -2.26. The number of benzene rings is 2. The van der Waals surface area contributed by atoms with Crippen LogP contribution in [0.15, 0.2) is 62.6 Å². The fourth-order valence-electron chi connectivity index (χ4n) is 3.36. The Hall–Kier alpha value is -2.95. The number of nitrogens with one attached hydrogen (secondary N) is 1. The molecule has 30 heavy (non-hydrogen) atoms. The number of hydrogen-bond donors (Lipinski definition) is 1. The lowest BCUT2D eigenvalue weighted by atomic mass is 10.2. The average molecular weight is 431 g/mol. The Labute approximate surface area is 172 Å². The van der Waals surface area contributed by atoms with Crippen LogP contribution >= 0.6 is 0 Å². The van der Waals surface area contributed by atoms with Gasteiger partial charge in [0, 0.05) is 18.8 Å².